The molecule has 4 unspecified atom stereocenters. The molecule has 3 fully saturated rings. The second-order valence-electron chi connectivity index (χ2n) is 8.86. The third-order valence-electron chi connectivity index (χ3n) is 6.95. The highest BCUT2D eigenvalue weighted by molar-refractivity contribution is 5.82. The van der Waals surface area contributed by atoms with Gasteiger partial charge in [-0.2, -0.15) is 0 Å². The van der Waals surface area contributed by atoms with E-state index in [0.717, 1.165) is 45.1 Å². The van der Waals surface area contributed by atoms with Gasteiger partial charge >= 0.3 is 0 Å². The van der Waals surface area contributed by atoms with Gasteiger partial charge in [0.1, 0.15) is 0 Å². The molecular weight excluding hydrogens is 334 g/mol. The van der Waals surface area contributed by atoms with E-state index in [0.29, 0.717) is 17.9 Å². The van der Waals surface area contributed by atoms with E-state index in [9.17, 15) is 4.79 Å². The molecule has 2 saturated heterocycles. The normalized spacial score (nSPS) is 31.0. The van der Waals surface area contributed by atoms with Crippen LogP contribution in [0.1, 0.15) is 51.0 Å². The quantitative estimate of drug-likeness (QED) is 0.836. The molecule has 4 nitrogen and oxygen atoms in total. The van der Waals surface area contributed by atoms with Gasteiger partial charge in [-0.3, -0.25) is 9.69 Å². The van der Waals surface area contributed by atoms with Crippen LogP contribution in [0.15, 0.2) is 30.3 Å². The topological polar surface area (TPSA) is 35.6 Å². The van der Waals surface area contributed by atoms with E-state index in [2.05, 4.69) is 52.4 Å². The molecule has 0 radical (unpaired) electrons. The third-order valence-corrected chi connectivity index (χ3v) is 6.95. The molecule has 1 aromatic rings. The number of amides is 1. The van der Waals surface area contributed by atoms with Gasteiger partial charge in [0, 0.05) is 32.2 Å². The van der Waals surface area contributed by atoms with Gasteiger partial charge in [0.25, 0.3) is 0 Å². The Bertz CT molecular complexity index is 605. The first kappa shape index (κ1) is 18.9. The molecule has 3 aliphatic rings. The van der Waals surface area contributed by atoms with Gasteiger partial charge in [-0.05, 0) is 56.6 Å². The second kappa shape index (κ2) is 8.74. The summed E-state index contributed by atoms with van der Waals surface area (Å²) in [5.41, 5.74) is 1.39. The Morgan fingerprint density at radius 2 is 2.00 bits per heavy atom. The van der Waals surface area contributed by atoms with Crippen molar-refractivity contribution in [1.29, 1.82) is 0 Å². The smallest absolute Gasteiger partial charge is 0.239 e. The molecule has 4 heteroatoms. The number of carbonyl (C=O) groups excluding carboxylic acids is 1. The number of hydrogen-bond donors (Lipinski definition) is 1. The van der Waals surface area contributed by atoms with Crippen molar-refractivity contribution in [2.45, 2.75) is 64.1 Å². The van der Waals surface area contributed by atoms with Crippen molar-refractivity contribution in [3.8, 4) is 0 Å². The molecule has 0 bridgehead atoms. The van der Waals surface area contributed by atoms with Gasteiger partial charge in [-0.1, -0.05) is 43.2 Å². The van der Waals surface area contributed by atoms with E-state index in [-0.39, 0.29) is 6.04 Å². The van der Waals surface area contributed by atoms with Crippen LogP contribution in [-0.2, 0) is 11.3 Å². The molecule has 148 valence electrons. The van der Waals surface area contributed by atoms with E-state index in [4.69, 9.17) is 0 Å². The maximum atomic E-state index is 13.1. The Kier molecular flexibility index (Phi) is 6.14. The molecule has 1 amide bonds. The molecule has 27 heavy (non-hydrogen) atoms. The summed E-state index contributed by atoms with van der Waals surface area (Å²) in [5.74, 6) is 1.70. The van der Waals surface area contributed by atoms with Crippen molar-refractivity contribution < 1.29 is 4.79 Å². The summed E-state index contributed by atoms with van der Waals surface area (Å²) >= 11 is 0. The van der Waals surface area contributed by atoms with E-state index in [1.807, 2.05) is 0 Å². The monoisotopic (exact) mass is 369 g/mol. The Hall–Kier alpha value is -1.39. The second-order valence-corrected chi connectivity index (χ2v) is 8.86. The highest BCUT2D eigenvalue weighted by atomic mass is 16.2. The zero-order valence-corrected chi connectivity index (χ0v) is 16.8. The number of hydrogen-bond acceptors (Lipinski definition) is 3. The lowest BCUT2D eigenvalue weighted by Gasteiger charge is -2.27. The summed E-state index contributed by atoms with van der Waals surface area (Å²) < 4.78 is 0. The fraction of sp³-hybridized carbons (Fsp3) is 0.696. The van der Waals surface area contributed by atoms with Gasteiger partial charge in [0.15, 0.2) is 0 Å². The largest absolute Gasteiger partial charge is 0.341 e. The van der Waals surface area contributed by atoms with Crippen LogP contribution in [0.5, 0.6) is 0 Å². The number of nitrogens with one attached hydrogen (secondary N) is 1. The van der Waals surface area contributed by atoms with Gasteiger partial charge in [0.2, 0.25) is 5.91 Å². The summed E-state index contributed by atoms with van der Waals surface area (Å²) in [7, 11) is 0. The lowest BCUT2D eigenvalue weighted by molar-refractivity contribution is -0.133. The summed E-state index contributed by atoms with van der Waals surface area (Å²) in [6.07, 6.45) is 7.51. The zero-order chi connectivity index (χ0) is 18.6. The van der Waals surface area contributed by atoms with Gasteiger partial charge < -0.3 is 10.2 Å². The maximum absolute atomic E-state index is 13.1. The average Bonchev–Trinajstić information content (AvgIpc) is 3.33. The SMILES string of the molecule is CCN(CC1CCN(Cc2ccccc2)C1)C(=O)C1CC2CCCCC2N1. The maximum Gasteiger partial charge on any atom is 0.239 e. The molecule has 0 aromatic heterocycles. The van der Waals surface area contributed by atoms with Crippen LogP contribution in [0.3, 0.4) is 0 Å². The number of likely N-dealkylation sites (tertiary alicyclic amines) is 1. The summed E-state index contributed by atoms with van der Waals surface area (Å²) in [6.45, 7) is 7.19. The highest BCUT2D eigenvalue weighted by Gasteiger charge is 2.40. The van der Waals surface area contributed by atoms with Crippen LogP contribution >= 0.6 is 0 Å². The highest BCUT2D eigenvalue weighted by Crippen LogP contribution is 2.34. The lowest BCUT2D eigenvalue weighted by Crippen LogP contribution is -2.47. The summed E-state index contributed by atoms with van der Waals surface area (Å²) in [4.78, 5) is 17.8. The molecule has 4 atom stereocenters. The molecule has 2 heterocycles. The summed E-state index contributed by atoms with van der Waals surface area (Å²) in [5, 5.41) is 3.67. The molecule has 1 aromatic carbocycles. The Balaban J connectivity index is 1.28. The van der Waals surface area contributed by atoms with Gasteiger partial charge in [-0.15, -0.1) is 0 Å². The van der Waals surface area contributed by atoms with Crippen LogP contribution in [-0.4, -0.2) is 54.0 Å². The summed E-state index contributed by atoms with van der Waals surface area (Å²) in [6, 6.07) is 11.4. The van der Waals surface area contributed by atoms with E-state index < -0.39 is 0 Å². The predicted molar refractivity (Wildman–Crippen MR) is 109 cm³/mol. The van der Waals surface area contributed by atoms with E-state index in [1.165, 1.54) is 37.7 Å². The van der Waals surface area contributed by atoms with Crippen molar-refractivity contribution >= 4 is 5.91 Å². The van der Waals surface area contributed by atoms with Crippen molar-refractivity contribution in [2.24, 2.45) is 11.8 Å². The molecule has 0 spiro atoms. The molecular formula is C23H35N3O. The van der Waals surface area contributed by atoms with Crippen LogP contribution in [0.4, 0.5) is 0 Å². The van der Waals surface area contributed by atoms with Crippen LogP contribution in [0.2, 0.25) is 0 Å². The van der Waals surface area contributed by atoms with Crippen molar-refractivity contribution in [1.82, 2.24) is 15.1 Å². The molecule has 1 saturated carbocycles. The Labute approximate surface area is 164 Å². The molecule has 1 aliphatic carbocycles. The number of nitrogens with zero attached hydrogens (tertiary/aromatic N) is 2. The van der Waals surface area contributed by atoms with Crippen molar-refractivity contribution in [3.63, 3.8) is 0 Å². The third kappa shape index (κ3) is 4.55. The number of rotatable bonds is 6. The predicted octanol–water partition coefficient (Wildman–Crippen LogP) is 3.28. The minimum Gasteiger partial charge on any atom is -0.341 e. The minimum absolute atomic E-state index is 0.0693. The van der Waals surface area contributed by atoms with Gasteiger partial charge in [0.05, 0.1) is 6.04 Å². The number of benzene rings is 1. The first-order valence-corrected chi connectivity index (χ1v) is 11.0. The van der Waals surface area contributed by atoms with Crippen molar-refractivity contribution in [2.75, 3.05) is 26.2 Å². The standard InChI is InChI=1S/C23H35N3O/c1-2-26(23(27)22-14-20-10-6-7-11-21(20)24-22)17-19-12-13-25(16-19)15-18-8-4-3-5-9-18/h3-5,8-9,19-22,24H,2,6-7,10-17H2,1H3. The average molecular weight is 370 g/mol. The molecule has 1 N–H and O–H groups in total. The fourth-order valence-electron chi connectivity index (χ4n) is 5.46. The number of fused-ring (bicyclic) bond motifs is 1. The number of carbonyl (C=O) groups is 1. The fourth-order valence-corrected chi connectivity index (χ4v) is 5.46. The first-order chi connectivity index (χ1) is 13.2. The Morgan fingerprint density at radius 3 is 2.78 bits per heavy atom. The van der Waals surface area contributed by atoms with E-state index >= 15 is 0 Å². The Morgan fingerprint density at radius 1 is 1.19 bits per heavy atom. The lowest BCUT2D eigenvalue weighted by atomic mass is 9.85. The molecule has 2 aliphatic heterocycles. The first-order valence-electron chi connectivity index (χ1n) is 11.0. The van der Waals surface area contributed by atoms with Crippen LogP contribution < -0.4 is 5.32 Å². The van der Waals surface area contributed by atoms with Crippen LogP contribution in [0, 0.1) is 11.8 Å². The van der Waals surface area contributed by atoms with Gasteiger partial charge in [-0.25, -0.2) is 0 Å². The van der Waals surface area contributed by atoms with Crippen molar-refractivity contribution in [3.05, 3.63) is 35.9 Å². The molecule has 4 rings (SSSR count). The van der Waals surface area contributed by atoms with E-state index in [1.54, 1.807) is 0 Å². The number of likely N-dealkylation sites (N-methyl/N-ethyl adjacent to an activating group) is 1. The van der Waals surface area contributed by atoms with Crippen LogP contribution in [0.25, 0.3) is 0 Å². The zero-order valence-electron chi connectivity index (χ0n) is 16.8. The minimum atomic E-state index is 0.0693.